The minimum Gasteiger partial charge on any atom is -0.344 e. The van der Waals surface area contributed by atoms with E-state index in [1.807, 2.05) is 47.8 Å². The zero-order chi connectivity index (χ0) is 16.1. The number of nitrogens with zero attached hydrogens (tertiary/aromatic N) is 4. The number of hydrogen-bond donors (Lipinski definition) is 1. The number of carbonyl (C=O) groups is 1. The van der Waals surface area contributed by atoms with Crippen LogP contribution < -0.4 is 5.32 Å². The largest absolute Gasteiger partial charge is 0.344 e. The molecular weight excluding hydrogens is 330 g/mol. The zero-order valence-corrected chi connectivity index (χ0v) is 14.0. The monoisotopic (exact) mass is 345 g/mol. The van der Waals surface area contributed by atoms with E-state index in [2.05, 4.69) is 20.8 Å². The van der Waals surface area contributed by atoms with E-state index in [0.717, 1.165) is 10.4 Å². The maximum atomic E-state index is 12.3. The number of tetrazole rings is 1. The summed E-state index contributed by atoms with van der Waals surface area (Å²) >= 11 is 2.94. The van der Waals surface area contributed by atoms with Crippen molar-refractivity contribution in [1.82, 2.24) is 25.5 Å². The van der Waals surface area contributed by atoms with Crippen molar-refractivity contribution < 1.29 is 4.79 Å². The highest BCUT2D eigenvalue weighted by atomic mass is 32.2. The minimum absolute atomic E-state index is 0.0553. The summed E-state index contributed by atoms with van der Waals surface area (Å²) in [6.07, 6.45) is 0. The topological polar surface area (TPSA) is 72.7 Å². The second-order valence-electron chi connectivity index (χ2n) is 4.80. The lowest BCUT2D eigenvalue weighted by Gasteiger charge is -2.18. The summed E-state index contributed by atoms with van der Waals surface area (Å²) in [5.74, 6) is 0.211. The van der Waals surface area contributed by atoms with Crippen LogP contribution in [0.4, 0.5) is 0 Å². The van der Waals surface area contributed by atoms with Crippen LogP contribution in [0.15, 0.2) is 53.0 Å². The van der Waals surface area contributed by atoms with Crippen LogP contribution >= 0.6 is 23.1 Å². The molecule has 1 aromatic carbocycles. The molecular formula is C15H15N5OS2. The van der Waals surface area contributed by atoms with Gasteiger partial charge in [-0.1, -0.05) is 48.2 Å². The fraction of sp³-hybridized carbons (Fsp3) is 0.200. The molecule has 0 aliphatic carbocycles. The summed E-state index contributed by atoms with van der Waals surface area (Å²) in [6, 6.07) is 13.8. The van der Waals surface area contributed by atoms with Gasteiger partial charge in [-0.15, -0.1) is 16.4 Å². The van der Waals surface area contributed by atoms with Crippen molar-refractivity contribution in [3.8, 4) is 0 Å². The quantitative estimate of drug-likeness (QED) is 0.694. The van der Waals surface area contributed by atoms with Crippen LogP contribution in [0.1, 0.15) is 16.5 Å². The first-order valence-electron chi connectivity index (χ1n) is 6.97. The number of aryl methyl sites for hydroxylation is 1. The third kappa shape index (κ3) is 3.96. The van der Waals surface area contributed by atoms with Gasteiger partial charge in [0.1, 0.15) is 0 Å². The number of rotatable bonds is 6. The van der Waals surface area contributed by atoms with E-state index >= 15 is 0 Å². The van der Waals surface area contributed by atoms with Crippen molar-refractivity contribution in [3.05, 3.63) is 58.3 Å². The molecule has 6 nitrogen and oxygen atoms in total. The molecule has 2 aromatic heterocycles. The minimum atomic E-state index is -0.137. The van der Waals surface area contributed by atoms with Crippen LogP contribution in [0, 0.1) is 0 Å². The van der Waals surface area contributed by atoms with Gasteiger partial charge in [0, 0.05) is 11.9 Å². The standard InChI is InChI=1S/C15H15N5OS2/c1-20-15(17-18-19-20)23-10-13(21)16-14(12-8-5-9-22-12)11-6-3-2-4-7-11/h2-9,14H,10H2,1H3,(H,16,21)/t14-/m0/s1. The van der Waals surface area contributed by atoms with Crippen LogP contribution in [0.5, 0.6) is 0 Å². The lowest BCUT2D eigenvalue weighted by molar-refractivity contribution is -0.119. The van der Waals surface area contributed by atoms with Crippen LogP contribution in [-0.2, 0) is 11.8 Å². The second-order valence-corrected chi connectivity index (χ2v) is 6.72. The molecule has 0 saturated heterocycles. The number of carbonyl (C=O) groups excluding carboxylic acids is 1. The molecule has 1 atom stereocenters. The summed E-state index contributed by atoms with van der Waals surface area (Å²) in [6.45, 7) is 0. The first-order valence-corrected chi connectivity index (χ1v) is 8.83. The Morgan fingerprint density at radius 3 is 2.78 bits per heavy atom. The highest BCUT2D eigenvalue weighted by molar-refractivity contribution is 7.99. The van der Waals surface area contributed by atoms with Gasteiger partial charge in [0.25, 0.3) is 0 Å². The Morgan fingerprint density at radius 1 is 1.30 bits per heavy atom. The van der Waals surface area contributed by atoms with Crippen molar-refractivity contribution in [3.63, 3.8) is 0 Å². The highest BCUT2D eigenvalue weighted by Gasteiger charge is 2.18. The predicted octanol–water partition coefficient (Wildman–Crippen LogP) is 2.27. The van der Waals surface area contributed by atoms with Crippen molar-refractivity contribution in [2.75, 3.05) is 5.75 Å². The number of benzene rings is 1. The summed E-state index contributed by atoms with van der Waals surface area (Å²) in [7, 11) is 1.75. The van der Waals surface area contributed by atoms with Gasteiger partial charge in [0.05, 0.1) is 11.8 Å². The van der Waals surface area contributed by atoms with E-state index < -0.39 is 0 Å². The Hall–Kier alpha value is -2.19. The van der Waals surface area contributed by atoms with Crippen LogP contribution in [0.3, 0.4) is 0 Å². The van der Waals surface area contributed by atoms with Gasteiger partial charge in [0.15, 0.2) is 0 Å². The predicted molar refractivity (Wildman–Crippen MR) is 90.3 cm³/mol. The van der Waals surface area contributed by atoms with Gasteiger partial charge in [-0.25, -0.2) is 4.68 Å². The molecule has 0 aliphatic heterocycles. The molecule has 3 rings (SSSR count). The first kappa shape index (κ1) is 15.7. The maximum Gasteiger partial charge on any atom is 0.231 e. The average molecular weight is 345 g/mol. The van der Waals surface area contributed by atoms with Gasteiger partial charge < -0.3 is 5.32 Å². The van der Waals surface area contributed by atoms with Gasteiger partial charge in [-0.3, -0.25) is 4.79 Å². The van der Waals surface area contributed by atoms with E-state index in [4.69, 9.17) is 0 Å². The number of amides is 1. The normalized spacial score (nSPS) is 12.0. The summed E-state index contributed by atoms with van der Waals surface area (Å²) in [4.78, 5) is 13.4. The molecule has 0 bridgehead atoms. The Bertz CT molecular complexity index is 757. The van der Waals surface area contributed by atoms with Gasteiger partial charge in [-0.05, 0) is 27.4 Å². The fourth-order valence-electron chi connectivity index (χ4n) is 2.10. The smallest absolute Gasteiger partial charge is 0.231 e. The average Bonchev–Trinajstić information content (AvgIpc) is 3.23. The van der Waals surface area contributed by atoms with Crippen molar-refractivity contribution in [1.29, 1.82) is 0 Å². The van der Waals surface area contributed by atoms with E-state index in [0.29, 0.717) is 5.16 Å². The Kier molecular flexibility index (Phi) is 5.04. The molecule has 2 heterocycles. The number of thioether (sulfide) groups is 1. The molecule has 0 saturated carbocycles. The van der Waals surface area contributed by atoms with E-state index in [1.165, 1.54) is 11.8 Å². The molecule has 23 heavy (non-hydrogen) atoms. The number of aromatic nitrogens is 4. The summed E-state index contributed by atoms with van der Waals surface area (Å²) < 4.78 is 1.55. The molecule has 8 heteroatoms. The molecule has 1 N–H and O–H groups in total. The van der Waals surface area contributed by atoms with Crippen LogP contribution in [0.2, 0.25) is 0 Å². The zero-order valence-electron chi connectivity index (χ0n) is 12.4. The van der Waals surface area contributed by atoms with Gasteiger partial charge in [-0.2, -0.15) is 0 Å². The Morgan fingerprint density at radius 2 is 2.13 bits per heavy atom. The maximum absolute atomic E-state index is 12.3. The van der Waals surface area contributed by atoms with Crippen molar-refractivity contribution >= 4 is 29.0 Å². The van der Waals surface area contributed by atoms with Crippen LogP contribution in [0.25, 0.3) is 0 Å². The Balaban J connectivity index is 1.69. The number of hydrogen-bond acceptors (Lipinski definition) is 6. The van der Waals surface area contributed by atoms with Crippen LogP contribution in [-0.4, -0.2) is 31.9 Å². The van der Waals surface area contributed by atoms with E-state index in [9.17, 15) is 4.79 Å². The SMILES string of the molecule is Cn1nnnc1SCC(=O)N[C@@H](c1ccccc1)c1cccs1. The van der Waals surface area contributed by atoms with Gasteiger partial charge >= 0.3 is 0 Å². The lowest BCUT2D eigenvalue weighted by atomic mass is 10.1. The molecule has 0 fully saturated rings. The molecule has 118 valence electrons. The molecule has 3 aromatic rings. The number of nitrogens with one attached hydrogen (secondary N) is 1. The summed E-state index contributed by atoms with van der Waals surface area (Å²) in [5.41, 5.74) is 1.06. The lowest BCUT2D eigenvalue weighted by Crippen LogP contribution is -2.30. The molecule has 0 unspecified atom stereocenters. The fourth-order valence-corrected chi connectivity index (χ4v) is 3.56. The van der Waals surface area contributed by atoms with Crippen molar-refractivity contribution in [2.24, 2.45) is 7.05 Å². The third-order valence-electron chi connectivity index (χ3n) is 3.18. The molecule has 0 radical (unpaired) electrons. The Labute approximate surface area is 141 Å². The highest BCUT2D eigenvalue weighted by Crippen LogP contribution is 2.26. The van der Waals surface area contributed by atoms with Gasteiger partial charge in [0.2, 0.25) is 11.1 Å². The molecule has 0 spiro atoms. The first-order chi connectivity index (χ1) is 11.2. The molecule has 1 amide bonds. The third-order valence-corrected chi connectivity index (χ3v) is 5.13. The van der Waals surface area contributed by atoms with Crippen molar-refractivity contribution in [2.45, 2.75) is 11.2 Å². The number of thiophene rings is 1. The van der Waals surface area contributed by atoms with E-state index in [-0.39, 0.29) is 17.7 Å². The second kappa shape index (κ2) is 7.38. The summed E-state index contributed by atoms with van der Waals surface area (Å²) in [5, 5.41) is 16.9. The molecule has 0 aliphatic rings. The van der Waals surface area contributed by atoms with E-state index in [1.54, 1.807) is 23.1 Å².